The van der Waals surface area contributed by atoms with Crippen LogP contribution >= 0.6 is 0 Å². The van der Waals surface area contributed by atoms with E-state index in [1.807, 2.05) is 24.3 Å². The van der Waals surface area contributed by atoms with Crippen LogP contribution in [0.25, 0.3) is 0 Å². The van der Waals surface area contributed by atoms with Crippen molar-refractivity contribution in [3.05, 3.63) is 236 Å². The van der Waals surface area contributed by atoms with Gasteiger partial charge in [-0.3, -0.25) is 38.5 Å². The summed E-state index contributed by atoms with van der Waals surface area (Å²) in [4.78, 5) is 68.7. The van der Waals surface area contributed by atoms with Crippen LogP contribution in [0.1, 0.15) is 98.8 Å². The van der Waals surface area contributed by atoms with Gasteiger partial charge in [-0.2, -0.15) is 21.0 Å². The molecule has 1 aliphatic rings. The molecule has 9 rings (SSSR count). The van der Waals surface area contributed by atoms with Crippen LogP contribution in [0.5, 0.6) is 0 Å². The largest absolute Gasteiger partial charge is 0.394 e. The second kappa shape index (κ2) is 39.5. The molecule has 1 saturated carbocycles. The van der Waals surface area contributed by atoms with E-state index in [2.05, 4.69) is 43.2 Å². The maximum absolute atomic E-state index is 14.1. The maximum atomic E-state index is 14.1. The highest BCUT2D eigenvalue weighted by Crippen LogP contribution is 2.31. The summed E-state index contributed by atoms with van der Waals surface area (Å²) < 4.78 is 56.3. The molecule has 8 aromatic carbocycles. The number of benzene rings is 8. The third kappa shape index (κ3) is 24.9. The van der Waals surface area contributed by atoms with Gasteiger partial charge in [0.2, 0.25) is 0 Å². The zero-order valence-corrected chi connectivity index (χ0v) is 54.8. The molecule has 101 heavy (non-hydrogen) atoms. The molecule has 29 heteroatoms. The highest BCUT2D eigenvalue weighted by molar-refractivity contribution is 6.02. The van der Waals surface area contributed by atoms with Gasteiger partial charge in [-0.15, -0.1) is 0 Å². The van der Waals surface area contributed by atoms with E-state index in [9.17, 15) is 47.0 Å². The van der Waals surface area contributed by atoms with Gasteiger partial charge in [-0.25, -0.2) is 39.5 Å². The molecule has 1 aliphatic carbocycles. The Labute approximate surface area is 577 Å². The van der Waals surface area contributed by atoms with Gasteiger partial charge < -0.3 is 46.8 Å². The average molecular weight is 1390 g/mol. The molecule has 0 aliphatic heterocycles. The number of hydrogen-bond acceptors (Lipinski definition) is 21. The number of amides is 4. The molecule has 4 amide bonds. The van der Waals surface area contributed by atoms with E-state index in [4.69, 9.17) is 55.7 Å². The van der Waals surface area contributed by atoms with Crippen molar-refractivity contribution in [3.8, 4) is 24.3 Å². The Morgan fingerprint density at radius 2 is 0.673 bits per heavy atom. The van der Waals surface area contributed by atoms with Crippen molar-refractivity contribution < 1.29 is 81.6 Å². The number of nitriles is 4. The summed E-state index contributed by atoms with van der Waals surface area (Å²) in [7, 11) is 0. The van der Waals surface area contributed by atoms with Crippen molar-refractivity contribution in [2.24, 2.45) is 5.92 Å². The van der Waals surface area contributed by atoms with Crippen molar-refractivity contribution in [1.29, 1.82) is 21.0 Å². The van der Waals surface area contributed by atoms with Crippen molar-refractivity contribution in [1.82, 2.24) is 21.9 Å². The summed E-state index contributed by atoms with van der Waals surface area (Å²) in [5, 5.41) is 92.0. The summed E-state index contributed by atoms with van der Waals surface area (Å²) in [6.07, 6.45) is -0.0237. The molecule has 0 aromatic heterocycles. The third-order valence-corrected chi connectivity index (χ3v) is 14.0. The summed E-state index contributed by atoms with van der Waals surface area (Å²) in [6, 6.07) is 43.8. The van der Waals surface area contributed by atoms with Gasteiger partial charge in [0, 0.05) is 0 Å². The van der Waals surface area contributed by atoms with E-state index in [1.165, 1.54) is 109 Å². The highest BCUT2D eigenvalue weighted by Gasteiger charge is 2.23. The fourth-order valence-electron chi connectivity index (χ4n) is 8.53. The lowest BCUT2D eigenvalue weighted by molar-refractivity contribution is -0.0296. The van der Waals surface area contributed by atoms with Gasteiger partial charge in [-0.1, -0.05) is 24.3 Å². The molecule has 0 radical (unpaired) electrons. The van der Waals surface area contributed by atoms with Crippen LogP contribution in [0, 0.1) is 102 Å². The van der Waals surface area contributed by atoms with Gasteiger partial charge in [0.05, 0.1) is 147 Å². The minimum atomic E-state index is -1.13. The van der Waals surface area contributed by atoms with Crippen molar-refractivity contribution >= 4 is 69.1 Å². The molecular weight excluding hydrogens is 1320 g/mol. The normalized spacial score (nSPS) is 11.6. The quantitative estimate of drug-likeness (QED) is 0.0136. The monoisotopic (exact) mass is 1390 g/mol. The molecule has 25 nitrogen and oxygen atoms in total. The third-order valence-electron chi connectivity index (χ3n) is 14.0. The molecule has 0 bridgehead atoms. The van der Waals surface area contributed by atoms with Gasteiger partial charge >= 0.3 is 0 Å². The lowest BCUT2D eigenvalue weighted by atomic mass is 10.1. The van der Waals surface area contributed by atoms with Crippen LogP contribution in [-0.2, 0) is 19.4 Å². The van der Waals surface area contributed by atoms with Crippen LogP contribution in [-0.4, -0.2) is 108 Å². The molecule has 0 spiro atoms. The SMILES string of the molecule is Cc1ccc(Nc2cc(C#N)ccc2C(=O)NOCC2CC2)c(F)c1.Cc1ccc(Nc2cc(C#N)ccc2C(=O)NOCCO)c(F)c1.Cc1ccc(Nc2cc(C#N)ccc2C(=O)NOC[C@@H](O)CO)c(F)c1.Cc1ccc(Nc2cc(C#N)ccc2C(=O)NOC[C@H](O)CO)c(F)c1. The van der Waals surface area contributed by atoms with Crippen LogP contribution in [0.15, 0.2) is 146 Å². The van der Waals surface area contributed by atoms with Gasteiger partial charge in [0.15, 0.2) is 0 Å². The van der Waals surface area contributed by atoms with E-state index >= 15 is 0 Å². The van der Waals surface area contributed by atoms with E-state index in [-0.39, 0.29) is 99.6 Å². The standard InChI is InChI=1S/C19H18FN3O2.2C18H18FN3O4.C17H16FN3O3/c1-12-2-7-17(16(20)8-12)22-18-9-14(10-21)5-6-15(18)19(24)23-25-11-13-3-4-13;2*1-11-2-5-16(15(19)6-11)21-17-7-12(8-20)3-4-14(17)18(25)22-26-10-13(24)9-23;1-11-2-5-15(14(18)8-11)20-16-9-12(10-19)3-4-13(16)17(23)21-24-7-6-22/h2,5-9,13,22H,3-4,11H2,1H3,(H,23,24);2*2-7,13,21,23-24H,9-10H2,1H3,(H,22,25);2-5,8-9,20,22H,6-7H2,1H3,(H,21,23)/t;2*13-;/m.10./s1. The number of nitrogens with one attached hydrogen (secondary N) is 8. The first kappa shape index (κ1) is 78.2. The number of anilines is 8. The Bertz CT molecular complexity index is 4260. The van der Waals surface area contributed by atoms with Crippen molar-refractivity contribution in [2.75, 3.05) is 67.5 Å². The van der Waals surface area contributed by atoms with Gasteiger partial charge in [0.25, 0.3) is 23.6 Å². The second-order valence-electron chi connectivity index (χ2n) is 22.3. The van der Waals surface area contributed by atoms with Crippen LogP contribution in [0.3, 0.4) is 0 Å². The summed E-state index contributed by atoms with van der Waals surface area (Å²) in [5.74, 6) is -3.73. The predicted molar refractivity (Wildman–Crippen MR) is 362 cm³/mol. The summed E-state index contributed by atoms with van der Waals surface area (Å²) in [6.45, 7) is 5.63. The van der Waals surface area contributed by atoms with E-state index in [0.29, 0.717) is 29.3 Å². The van der Waals surface area contributed by atoms with Crippen LogP contribution in [0.4, 0.5) is 63.1 Å². The van der Waals surface area contributed by atoms with Crippen molar-refractivity contribution in [2.45, 2.75) is 52.7 Å². The Morgan fingerprint density at radius 3 is 0.911 bits per heavy atom. The van der Waals surface area contributed by atoms with E-state index < -0.39 is 72.3 Å². The van der Waals surface area contributed by atoms with Crippen LogP contribution in [0.2, 0.25) is 0 Å². The smallest absolute Gasteiger partial charge is 0.276 e. The zero-order valence-electron chi connectivity index (χ0n) is 54.8. The number of carbonyl (C=O) groups excluding carboxylic acids is 4. The number of aliphatic hydroxyl groups excluding tert-OH is 5. The number of carbonyl (C=O) groups is 4. The molecule has 8 aromatic rings. The first-order valence-electron chi connectivity index (χ1n) is 30.7. The summed E-state index contributed by atoms with van der Waals surface area (Å²) in [5.41, 5.74) is 15.5. The predicted octanol–water partition coefficient (Wildman–Crippen LogP) is 9.75. The van der Waals surface area contributed by atoms with Gasteiger partial charge in [-0.05, 0) is 190 Å². The molecule has 524 valence electrons. The first-order valence-corrected chi connectivity index (χ1v) is 30.7. The highest BCUT2D eigenvalue weighted by atomic mass is 19.1. The number of aliphatic hydroxyl groups is 5. The topological polar surface area (TPSA) is 398 Å². The average Bonchev–Trinajstić information content (AvgIpc) is 1.11. The molecule has 0 heterocycles. The molecular formula is C72H70F4N12O13. The Balaban J connectivity index is 0.000000212. The zero-order chi connectivity index (χ0) is 73.5. The van der Waals surface area contributed by atoms with Gasteiger partial charge in [0.1, 0.15) is 48.7 Å². The fraction of sp³-hybridized carbons (Fsp3) is 0.222. The lowest BCUT2D eigenvalue weighted by Crippen LogP contribution is -2.30. The molecule has 13 N–H and O–H groups in total. The number of rotatable bonds is 26. The first-order chi connectivity index (χ1) is 48.5. The number of nitrogens with zero attached hydrogens (tertiary/aromatic N) is 4. The Hall–Kier alpha value is -11.8. The Kier molecular flexibility index (Phi) is 30.6. The minimum Gasteiger partial charge on any atom is -0.394 e. The molecule has 0 unspecified atom stereocenters. The molecule has 1 fully saturated rings. The van der Waals surface area contributed by atoms with Crippen molar-refractivity contribution in [3.63, 3.8) is 0 Å². The Morgan fingerprint density at radius 1 is 0.406 bits per heavy atom. The second-order valence-corrected chi connectivity index (χ2v) is 22.3. The lowest BCUT2D eigenvalue weighted by Gasteiger charge is -2.14. The number of halogens is 4. The van der Waals surface area contributed by atoms with Crippen LogP contribution < -0.4 is 43.2 Å². The fourth-order valence-corrected chi connectivity index (χ4v) is 8.53. The summed E-state index contributed by atoms with van der Waals surface area (Å²) >= 11 is 0. The maximum Gasteiger partial charge on any atom is 0.276 e. The number of hydrogen-bond donors (Lipinski definition) is 13. The molecule has 2 atom stereocenters. The van der Waals surface area contributed by atoms with E-state index in [1.54, 1.807) is 64.1 Å². The molecule has 0 saturated heterocycles. The van der Waals surface area contributed by atoms with E-state index in [0.717, 1.165) is 35.1 Å². The number of aryl methyl sites for hydroxylation is 4. The minimum absolute atomic E-state index is 0.0582. The number of hydroxylamine groups is 4.